The lowest BCUT2D eigenvalue weighted by Gasteiger charge is -2.29. The summed E-state index contributed by atoms with van der Waals surface area (Å²) in [6.07, 6.45) is 1.95. The van der Waals surface area contributed by atoms with E-state index < -0.39 is 116 Å². The second-order valence-electron chi connectivity index (χ2n) is 14.3. The van der Waals surface area contributed by atoms with Gasteiger partial charge in [0.15, 0.2) is 0 Å². The van der Waals surface area contributed by atoms with Crippen LogP contribution < -0.4 is 43.4 Å². The number of aliphatic hydroxyl groups is 3. The lowest BCUT2D eigenvalue weighted by atomic mass is 10.0. The molecule has 314 valence electrons. The predicted octanol–water partition coefficient (Wildman–Crippen LogP) is -4.87. The van der Waals surface area contributed by atoms with Crippen molar-refractivity contribution < 1.29 is 58.8 Å². The fraction of sp³-hybridized carbons (Fsp3) is 0.765. The van der Waals surface area contributed by atoms with Gasteiger partial charge in [-0.3, -0.25) is 33.6 Å². The van der Waals surface area contributed by atoms with E-state index in [1.807, 2.05) is 0 Å². The van der Waals surface area contributed by atoms with Crippen LogP contribution in [0.2, 0.25) is 0 Å². The van der Waals surface area contributed by atoms with Gasteiger partial charge < -0.3 is 68.7 Å². The van der Waals surface area contributed by atoms with Gasteiger partial charge in [0, 0.05) is 6.54 Å². The molecule has 1 aliphatic rings. The van der Waals surface area contributed by atoms with Crippen molar-refractivity contribution in [3.8, 4) is 0 Å². The van der Waals surface area contributed by atoms with Crippen molar-refractivity contribution in [2.24, 2.45) is 23.3 Å². The van der Waals surface area contributed by atoms with Gasteiger partial charge >= 0.3 is 5.97 Å². The molecule has 0 saturated carbocycles. The molecule has 0 aromatic heterocycles. The highest BCUT2D eigenvalue weighted by Crippen LogP contribution is 2.19. The highest BCUT2D eigenvalue weighted by molar-refractivity contribution is 5.97. The number of unbranched alkanes of at least 4 members (excludes halogenated alkanes) is 1. The van der Waals surface area contributed by atoms with Gasteiger partial charge in [-0.1, -0.05) is 27.7 Å². The highest BCUT2D eigenvalue weighted by atomic mass is 16.4. The molecule has 1 rings (SSSR count). The van der Waals surface area contributed by atoms with Crippen molar-refractivity contribution in [2.75, 3.05) is 39.5 Å². The van der Waals surface area contributed by atoms with Crippen molar-refractivity contribution in [1.82, 2.24) is 36.8 Å². The summed E-state index contributed by atoms with van der Waals surface area (Å²) in [6.45, 7) is 4.51. The standard InChI is InChI=1S/C34H61N9O12/c1-18(2)12-22(39-28(48)20(36)15-44)29(49)41-24(16-45)31(51)40-23(13-19(3)4)30(50)42-25(17-46)33(53)43-11-7-9-26(43)32(52)37-14-27(47)38-21(34(54)55)8-5-6-10-35/h18-26,44-46H,5-17,35-36H2,1-4H3,(H,37,52)(H,38,47)(H,39,48)(H,40,51)(H,41,49)(H,42,50)(H,54,55)/t20-,21-,22-,23-,24-,25-,26-/m0/s1. The molecule has 0 radical (unpaired) electrons. The van der Waals surface area contributed by atoms with Gasteiger partial charge in [-0.2, -0.15) is 0 Å². The normalized spacial score (nSPS) is 17.3. The first-order valence-corrected chi connectivity index (χ1v) is 18.5. The molecule has 0 bridgehead atoms. The molecule has 0 aromatic rings. The van der Waals surface area contributed by atoms with Crippen LogP contribution in [-0.2, 0) is 38.4 Å². The zero-order chi connectivity index (χ0) is 41.8. The molecular weight excluding hydrogens is 726 g/mol. The molecule has 0 aliphatic carbocycles. The summed E-state index contributed by atoms with van der Waals surface area (Å²) in [5, 5.41) is 53.1. The number of carbonyl (C=O) groups is 8. The average Bonchev–Trinajstić information content (AvgIpc) is 3.63. The Balaban J connectivity index is 2.99. The fourth-order valence-electron chi connectivity index (χ4n) is 5.75. The van der Waals surface area contributed by atoms with Gasteiger partial charge in [0.25, 0.3) is 0 Å². The number of amides is 7. The molecule has 1 aliphatic heterocycles. The van der Waals surface area contributed by atoms with E-state index in [1.54, 1.807) is 27.7 Å². The van der Waals surface area contributed by atoms with Crippen LogP contribution >= 0.6 is 0 Å². The third-order valence-electron chi connectivity index (χ3n) is 8.67. The topological polar surface area (TPSA) is 345 Å². The van der Waals surface area contributed by atoms with Gasteiger partial charge in [-0.15, -0.1) is 0 Å². The van der Waals surface area contributed by atoms with E-state index in [0.29, 0.717) is 25.8 Å². The van der Waals surface area contributed by atoms with Crippen molar-refractivity contribution in [2.45, 2.75) is 115 Å². The summed E-state index contributed by atoms with van der Waals surface area (Å²) in [4.78, 5) is 104. The molecule has 0 unspecified atom stereocenters. The number of aliphatic carboxylic acids is 1. The number of carbonyl (C=O) groups excluding carboxylic acids is 7. The van der Waals surface area contributed by atoms with Gasteiger partial charge in [-0.25, -0.2) is 4.79 Å². The van der Waals surface area contributed by atoms with Crippen molar-refractivity contribution in [3.05, 3.63) is 0 Å². The first-order valence-electron chi connectivity index (χ1n) is 18.5. The monoisotopic (exact) mass is 787 g/mol. The number of rotatable bonds is 25. The Morgan fingerprint density at radius 2 is 1.20 bits per heavy atom. The molecule has 1 saturated heterocycles. The van der Waals surface area contributed by atoms with Crippen LogP contribution in [0.3, 0.4) is 0 Å². The van der Waals surface area contributed by atoms with E-state index in [-0.39, 0.29) is 44.1 Å². The number of carboxylic acids is 1. The van der Waals surface area contributed by atoms with Crippen LogP contribution in [0, 0.1) is 11.8 Å². The van der Waals surface area contributed by atoms with E-state index in [1.165, 1.54) is 0 Å². The molecule has 21 nitrogen and oxygen atoms in total. The number of aliphatic hydroxyl groups excluding tert-OH is 3. The minimum absolute atomic E-state index is 0.0354. The second-order valence-corrected chi connectivity index (χ2v) is 14.3. The molecule has 14 N–H and O–H groups in total. The molecule has 7 amide bonds. The molecule has 7 atom stereocenters. The zero-order valence-corrected chi connectivity index (χ0v) is 32.0. The quantitative estimate of drug-likeness (QED) is 0.0386. The Labute approximate surface area is 320 Å². The van der Waals surface area contributed by atoms with Gasteiger partial charge in [0.2, 0.25) is 41.4 Å². The highest BCUT2D eigenvalue weighted by Gasteiger charge is 2.39. The molecule has 0 aromatic carbocycles. The number of nitrogens with two attached hydrogens (primary N) is 2. The lowest BCUT2D eigenvalue weighted by molar-refractivity contribution is -0.143. The first kappa shape index (κ1) is 48.6. The Hall–Kier alpha value is -4.44. The summed E-state index contributed by atoms with van der Waals surface area (Å²) >= 11 is 0. The Morgan fingerprint density at radius 1 is 0.691 bits per heavy atom. The molecule has 21 heteroatoms. The van der Waals surface area contributed by atoms with Gasteiger partial charge in [0.05, 0.1) is 26.4 Å². The average molecular weight is 788 g/mol. The van der Waals surface area contributed by atoms with Crippen LogP contribution in [0.4, 0.5) is 0 Å². The Bertz CT molecular complexity index is 1320. The molecule has 0 spiro atoms. The minimum Gasteiger partial charge on any atom is -0.480 e. The van der Waals surface area contributed by atoms with Crippen LogP contribution in [0.25, 0.3) is 0 Å². The van der Waals surface area contributed by atoms with Crippen LogP contribution in [-0.4, -0.2) is 154 Å². The van der Waals surface area contributed by atoms with E-state index in [9.17, 15) is 58.8 Å². The minimum atomic E-state index is -1.57. The lowest BCUT2D eigenvalue weighted by Crippen LogP contribution is -2.61. The van der Waals surface area contributed by atoms with Crippen LogP contribution in [0.1, 0.15) is 72.6 Å². The molecule has 1 heterocycles. The molecule has 55 heavy (non-hydrogen) atoms. The van der Waals surface area contributed by atoms with Crippen LogP contribution in [0.5, 0.6) is 0 Å². The Kier molecular flexibility index (Phi) is 22.0. The SMILES string of the molecule is CC(C)C[C@H](NC(=O)[C@H](CO)NC(=O)[C@H](CC(C)C)NC(=O)[C@@H](N)CO)C(=O)N[C@@H](CO)C(=O)N1CCC[C@H]1C(=O)NCC(=O)N[C@@H](CCCCN)C(=O)O. The number of nitrogens with zero attached hydrogens (tertiary/aromatic N) is 1. The maximum absolute atomic E-state index is 13.5. The third-order valence-corrected chi connectivity index (χ3v) is 8.67. The number of nitrogens with one attached hydrogen (secondary N) is 6. The van der Waals surface area contributed by atoms with Crippen molar-refractivity contribution in [1.29, 1.82) is 0 Å². The van der Waals surface area contributed by atoms with E-state index in [0.717, 1.165) is 4.90 Å². The molecule has 1 fully saturated rings. The van der Waals surface area contributed by atoms with Gasteiger partial charge in [-0.05, 0) is 63.3 Å². The van der Waals surface area contributed by atoms with Crippen LogP contribution in [0.15, 0.2) is 0 Å². The maximum atomic E-state index is 13.5. The maximum Gasteiger partial charge on any atom is 0.326 e. The van der Waals surface area contributed by atoms with E-state index in [2.05, 4.69) is 31.9 Å². The van der Waals surface area contributed by atoms with Crippen molar-refractivity contribution in [3.63, 3.8) is 0 Å². The van der Waals surface area contributed by atoms with E-state index >= 15 is 0 Å². The smallest absolute Gasteiger partial charge is 0.326 e. The zero-order valence-electron chi connectivity index (χ0n) is 32.0. The van der Waals surface area contributed by atoms with Crippen molar-refractivity contribution >= 4 is 47.3 Å². The summed E-state index contributed by atoms with van der Waals surface area (Å²) < 4.78 is 0. The third kappa shape index (κ3) is 16.9. The number of hydrogen-bond acceptors (Lipinski definition) is 13. The fourth-order valence-corrected chi connectivity index (χ4v) is 5.75. The van der Waals surface area contributed by atoms with Gasteiger partial charge in [0.1, 0.15) is 42.3 Å². The second kappa shape index (κ2) is 24.9. The summed E-state index contributed by atoms with van der Waals surface area (Å²) in [5.74, 6) is -7.27. The number of carboxylic acid groups (broad SMARTS) is 1. The Morgan fingerprint density at radius 3 is 1.69 bits per heavy atom. The summed E-state index contributed by atoms with van der Waals surface area (Å²) in [7, 11) is 0. The first-order chi connectivity index (χ1) is 25.9. The molecular formula is C34H61N9O12. The predicted molar refractivity (Wildman–Crippen MR) is 196 cm³/mol. The number of likely N-dealkylation sites (tertiary alicyclic amines) is 1. The van der Waals surface area contributed by atoms with E-state index in [4.69, 9.17) is 11.5 Å². The number of hydrogen-bond donors (Lipinski definition) is 12. The largest absolute Gasteiger partial charge is 0.480 e. The summed E-state index contributed by atoms with van der Waals surface area (Å²) in [5.41, 5.74) is 11.0. The summed E-state index contributed by atoms with van der Waals surface area (Å²) in [6, 6.07) is -9.13.